The van der Waals surface area contributed by atoms with Crippen LogP contribution in [0.4, 0.5) is 0 Å². The van der Waals surface area contributed by atoms with Gasteiger partial charge in [0.05, 0.1) is 19.8 Å². The Morgan fingerprint density at radius 3 is 2.83 bits per heavy atom. The second-order valence-electron chi connectivity index (χ2n) is 7.50. The molecule has 6 heteroatoms. The first-order valence-corrected chi connectivity index (χ1v) is 10.6. The first-order chi connectivity index (χ1) is 14.2. The summed E-state index contributed by atoms with van der Waals surface area (Å²) in [5.74, 6) is 3.85. The third kappa shape index (κ3) is 2.99. The van der Waals surface area contributed by atoms with Crippen LogP contribution in [-0.4, -0.2) is 37.8 Å². The normalized spacial score (nSPS) is 18.5. The minimum Gasteiger partial charge on any atom is -0.493 e. The first-order valence-electron chi connectivity index (χ1n) is 10.0. The number of ether oxygens (including phenoxy) is 4. The molecule has 152 valence electrons. The minimum atomic E-state index is 0.171. The molecule has 0 bridgehead atoms. The van der Waals surface area contributed by atoms with Crippen molar-refractivity contribution in [2.75, 3.05) is 32.9 Å². The molecular weight excluding hydrogens is 390 g/mol. The summed E-state index contributed by atoms with van der Waals surface area (Å²) in [6, 6.07) is 8.52. The van der Waals surface area contributed by atoms with Gasteiger partial charge in [-0.3, -0.25) is 0 Å². The highest BCUT2D eigenvalue weighted by atomic mass is 35.5. The third-order valence-corrected chi connectivity index (χ3v) is 6.19. The van der Waals surface area contributed by atoms with Crippen molar-refractivity contribution in [3.63, 3.8) is 0 Å². The van der Waals surface area contributed by atoms with Gasteiger partial charge in [0.2, 0.25) is 6.79 Å². The van der Waals surface area contributed by atoms with Gasteiger partial charge in [0.25, 0.3) is 0 Å². The van der Waals surface area contributed by atoms with Gasteiger partial charge in [0.1, 0.15) is 0 Å². The zero-order valence-corrected chi connectivity index (χ0v) is 17.4. The molecule has 29 heavy (non-hydrogen) atoms. The molecule has 3 heterocycles. The molecule has 5 nitrogen and oxygen atoms in total. The minimum absolute atomic E-state index is 0.171. The molecule has 3 aliphatic rings. The van der Waals surface area contributed by atoms with E-state index in [0.29, 0.717) is 19.3 Å². The largest absolute Gasteiger partial charge is 0.493 e. The average molecular weight is 414 g/mol. The van der Waals surface area contributed by atoms with Crippen LogP contribution in [0, 0.1) is 0 Å². The highest BCUT2D eigenvalue weighted by Gasteiger charge is 2.34. The molecule has 3 aliphatic heterocycles. The van der Waals surface area contributed by atoms with Crippen LogP contribution < -0.4 is 18.9 Å². The molecule has 0 aliphatic carbocycles. The maximum absolute atomic E-state index is 6.15. The summed E-state index contributed by atoms with van der Waals surface area (Å²) in [5, 5.41) is 0. The van der Waals surface area contributed by atoms with Crippen molar-refractivity contribution in [3.05, 3.63) is 46.5 Å². The molecule has 2 aromatic rings. The van der Waals surface area contributed by atoms with Gasteiger partial charge >= 0.3 is 0 Å². The van der Waals surface area contributed by atoms with Crippen LogP contribution in [-0.2, 0) is 6.42 Å². The Kier molecular flexibility index (Phi) is 4.70. The Hall–Kier alpha value is -2.53. The first kappa shape index (κ1) is 18.5. The molecule has 0 saturated carbocycles. The van der Waals surface area contributed by atoms with Gasteiger partial charge < -0.3 is 23.8 Å². The summed E-state index contributed by atoms with van der Waals surface area (Å²) in [5.41, 5.74) is 6.09. The lowest BCUT2D eigenvalue weighted by Crippen LogP contribution is -2.34. The number of hydrogen-bond donors (Lipinski definition) is 0. The molecule has 0 fully saturated rings. The predicted octanol–water partition coefficient (Wildman–Crippen LogP) is 4.86. The Morgan fingerprint density at radius 2 is 2.03 bits per heavy atom. The Bertz CT molecular complexity index is 987. The van der Waals surface area contributed by atoms with Crippen molar-refractivity contribution in [2.45, 2.75) is 25.8 Å². The number of benzene rings is 2. The molecule has 0 amide bonds. The molecular formula is C23H24ClNO4. The average Bonchev–Trinajstić information content (AvgIpc) is 3.20. The SMILES string of the molecule is COc1ccc2c(c1OCCCCl)C(C)N1CCc3cc4c(cc3C1=C2)OCO4. The Morgan fingerprint density at radius 1 is 1.21 bits per heavy atom. The van der Waals surface area contributed by atoms with Gasteiger partial charge in [-0.05, 0) is 55.2 Å². The van der Waals surface area contributed by atoms with Gasteiger partial charge in [-0.25, -0.2) is 0 Å². The van der Waals surface area contributed by atoms with Crippen LogP contribution in [0.1, 0.15) is 41.6 Å². The maximum atomic E-state index is 6.15. The summed E-state index contributed by atoms with van der Waals surface area (Å²) >= 11 is 5.84. The van der Waals surface area contributed by atoms with E-state index in [1.807, 2.05) is 6.07 Å². The smallest absolute Gasteiger partial charge is 0.231 e. The second-order valence-corrected chi connectivity index (χ2v) is 7.88. The lowest BCUT2D eigenvalue weighted by atomic mass is 9.86. The van der Waals surface area contributed by atoms with Crippen LogP contribution in [0.25, 0.3) is 11.8 Å². The molecule has 5 rings (SSSR count). The van der Waals surface area contributed by atoms with Gasteiger partial charge in [-0.2, -0.15) is 0 Å². The lowest BCUT2D eigenvalue weighted by Gasteiger charge is -2.42. The molecule has 0 saturated heterocycles. The fourth-order valence-corrected chi connectivity index (χ4v) is 4.61. The number of nitrogens with zero attached hydrogens (tertiary/aromatic N) is 1. The summed E-state index contributed by atoms with van der Waals surface area (Å²) in [4.78, 5) is 2.45. The number of alkyl halides is 1. The highest BCUT2D eigenvalue weighted by Crippen LogP contribution is 2.49. The van der Waals surface area contributed by atoms with Gasteiger partial charge in [-0.1, -0.05) is 6.07 Å². The lowest BCUT2D eigenvalue weighted by molar-refractivity contribution is 0.174. The molecule has 0 N–H and O–H groups in total. The van der Waals surface area contributed by atoms with Crippen LogP contribution in [0.2, 0.25) is 0 Å². The number of fused-ring (bicyclic) bond motifs is 5. The molecule has 0 aromatic heterocycles. The van der Waals surface area contributed by atoms with Crippen molar-refractivity contribution in [1.82, 2.24) is 4.90 Å². The molecule has 1 atom stereocenters. The van der Waals surface area contributed by atoms with E-state index in [1.54, 1.807) is 7.11 Å². The van der Waals surface area contributed by atoms with Crippen molar-refractivity contribution in [3.8, 4) is 23.0 Å². The summed E-state index contributed by atoms with van der Waals surface area (Å²) < 4.78 is 23.0. The molecule has 0 radical (unpaired) electrons. The Labute approximate surface area is 175 Å². The summed E-state index contributed by atoms with van der Waals surface area (Å²) in [6.45, 7) is 4.05. The molecule has 0 spiro atoms. The quantitative estimate of drug-likeness (QED) is 0.517. The monoisotopic (exact) mass is 413 g/mol. The number of hydrogen-bond acceptors (Lipinski definition) is 5. The van der Waals surface area contributed by atoms with Gasteiger partial charge in [0, 0.05) is 29.2 Å². The number of methoxy groups -OCH3 is 1. The molecule has 1 unspecified atom stereocenters. The van der Waals surface area contributed by atoms with Gasteiger partial charge in [-0.15, -0.1) is 11.6 Å². The fourth-order valence-electron chi connectivity index (χ4n) is 4.50. The van der Waals surface area contributed by atoms with E-state index < -0.39 is 0 Å². The van der Waals surface area contributed by atoms with Crippen LogP contribution in [0.5, 0.6) is 23.0 Å². The highest BCUT2D eigenvalue weighted by molar-refractivity contribution is 6.17. The van der Waals surface area contributed by atoms with Crippen molar-refractivity contribution in [1.29, 1.82) is 0 Å². The fraction of sp³-hybridized carbons (Fsp3) is 0.391. The van der Waals surface area contributed by atoms with Gasteiger partial charge in [0.15, 0.2) is 23.0 Å². The van der Waals surface area contributed by atoms with Crippen molar-refractivity contribution < 1.29 is 18.9 Å². The zero-order chi connectivity index (χ0) is 20.0. The van der Waals surface area contributed by atoms with E-state index in [-0.39, 0.29) is 6.04 Å². The third-order valence-electron chi connectivity index (χ3n) is 5.92. The van der Waals surface area contributed by atoms with E-state index in [2.05, 4.69) is 36.1 Å². The summed E-state index contributed by atoms with van der Waals surface area (Å²) in [6.07, 6.45) is 4.02. The van der Waals surface area contributed by atoms with E-state index in [1.165, 1.54) is 22.4 Å². The topological polar surface area (TPSA) is 40.2 Å². The van der Waals surface area contributed by atoms with E-state index >= 15 is 0 Å². The predicted molar refractivity (Wildman–Crippen MR) is 113 cm³/mol. The number of rotatable bonds is 5. The summed E-state index contributed by atoms with van der Waals surface area (Å²) in [7, 11) is 1.69. The van der Waals surface area contributed by atoms with Crippen LogP contribution >= 0.6 is 11.6 Å². The van der Waals surface area contributed by atoms with Crippen molar-refractivity contribution in [2.24, 2.45) is 0 Å². The zero-order valence-electron chi connectivity index (χ0n) is 16.7. The van der Waals surface area contributed by atoms with E-state index in [4.69, 9.17) is 30.5 Å². The van der Waals surface area contributed by atoms with Crippen LogP contribution in [0.3, 0.4) is 0 Å². The number of halogens is 1. The van der Waals surface area contributed by atoms with Crippen LogP contribution in [0.15, 0.2) is 24.3 Å². The van der Waals surface area contributed by atoms with Crippen molar-refractivity contribution >= 4 is 23.4 Å². The molecule has 2 aromatic carbocycles. The Balaban J connectivity index is 1.61. The van der Waals surface area contributed by atoms with E-state index in [9.17, 15) is 0 Å². The second kappa shape index (κ2) is 7.38. The van der Waals surface area contributed by atoms with E-state index in [0.717, 1.165) is 47.9 Å². The maximum Gasteiger partial charge on any atom is 0.231 e. The standard InChI is InChI=1S/C23H24ClNO4/c1-14-22-16(4-5-19(26-2)23(22)27-9-3-7-24)10-18-17-12-21-20(28-13-29-21)11-15(17)6-8-25(14)18/h4-5,10-12,14H,3,6-9,13H2,1-2H3.